The molecule has 0 aromatic carbocycles. The molecule has 2 aromatic rings. The molecule has 9 heteroatoms. The fraction of sp³-hybridized carbons (Fsp3) is 0.421. The van der Waals surface area contributed by atoms with Crippen LogP contribution in [-0.2, 0) is 15.7 Å². The second kappa shape index (κ2) is 7.05. The van der Waals surface area contributed by atoms with Crippen molar-refractivity contribution in [2.75, 3.05) is 5.32 Å². The molecule has 1 N–H and O–H groups in total. The van der Waals surface area contributed by atoms with Gasteiger partial charge in [0.1, 0.15) is 11.2 Å². The molecule has 0 fully saturated rings. The minimum atomic E-state index is -4.57. The first kappa shape index (κ1) is 20.1. The van der Waals surface area contributed by atoms with E-state index in [1.54, 1.807) is 25.2 Å². The molecule has 0 spiro atoms. The van der Waals surface area contributed by atoms with E-state index in [0.717, 1.165) is 6.07 Å². The van der Waals surface area contributed by atoms with E-state index in [0.29, 0.717) is 5.70 Å². The van der Waals surface area contributed by atoms with Crippen molar-refractivity contribution in [3.63, 3.8) is 0 Å². The van der Waals surface area contributed by atoms with Crippen LogP contribution in [0.4, 0.5) is 19.1 Å². The predicted molar refractivity (Wildman–Crippen MR) is 99.5 cm³/mol. The fourth-order valence-electron chi connectivity index (χ4n) is 2.86. The summed E-state index contributed by atoms with van der Waals surface area (Å²) in [5, 5.41) is 2.66. The molecule has 1 aliphatic rings. The number of alkyl halides is 3. The first-order valence-electron chi connectivity index (χ1n) is 8.77. The second-order valence-corrected chi connectivity index (χ2v) is 7.55. The topological polar surface area (TPSA) is 69.0 Å². The lowest BCUT2D eigenvalue weighted by Gasteiger charge is -2.24. The molecule has 2 heterocycles. The standard InChI is InChI=1S/C19H21F3N4O2/c1-11(28-18(2,3)4)10-15(27)25-17-23-13-8-9-14(19(20,21)22)24-16(13)26(17)12-6-5-7-12/h5-9,11H,10H2,1-4H3,(H,23,25,27)/t11-/m0/s1. The molecule has 0 radical (unpaired) electrons. The van der Waals surface area contributed by atoms with E-state index in [9.17, 15) is 18.0 Å². The Morgan fingerprint density at radius 1 is 1.25 bits per heavy atom. The van der Waals surface area contributed by atoms with E-state index < -0.39 is 17.5 Å². The van der Waals surface area contributed by atoms with Crippen LogP contribution in [0.2, 0.25) is 0 Å². The number of anilines is 1. The van der Waals surface area contributed by atoms with Crippen molar-refractivity contribution in [2.45, 2.75) is 52.0 Å². The van der Waals surface area contributed by atoms with Crippen molar-refractivity contribution >= 4 is 28.7 Å². The molecule has 6 nitrogen and oxygen atoms in total. The van der Waals surface area contributed by atoms with Gasteiger partial charge in [0.15, 0.2) is 5.65 Å². The Bertz CT molecular complexity index is 968. The largest absolute Gasteiger partial charge is 0.433 e. The summed E-state index contributed by atoms with van der Waals surface area (Å²) >= 11 is 0. The number of nitrogens with one attached hydrogen (secondary N) is 1. The number of hydrogen-bond donors (Lipinski definition) is 1. The number of fused-ring (bicyclic) bond motifs is 1. The normalized spacial score (nSPS) is 15.3. The summed E-state index contributed by atoms with van der Waals surface area (Å²) in [5.41, 5.74) is -0.548. The number of pyridine rings is 1. The summed E-state index contributed by atoms with van der Waals surface area (Å²) in [6, 6.07) is 2.11. The number of hydrogen-bond acceptors (Lipinski definition) is 4. The quantitative estimate of drug-likeness (QED) is 0.817. The van der Waals surface area contributed by atoms with Crippen molar-refractivity contribution in [2.24, 2.45) is 0 Å². The maximum absolute atomic E-state index is 13.0. The number of imidazole rings is 1. The molecule has 28 heavy (non-hydrogen) atoms. The van der Waals surface area contributed by atoms with Crippen molar-refractivity contribution in [3.05, 3.63) is 36.1 Å². The van der Waals surface area contributed by atoms with E-state index in [1.807, 2.05) is 20.8 Å². The average Bonchev–Trinajstić information content (AvgIpc) is 2.79. The molecule has 150 valence electrons. The lowest BCUT2D eigenvalue weighted by atomic mass is 10.1. The third-order valence-corrected chi connectivity index (χ3v) is 3.87. The van der Waals surface area contributed by atoms with Gasteiger partial charge in [0.25, 0.3) is 0 Å². The van der Waals surface area contributed by atoms with E-state index in [2.05, 4.69) is 15.3 Å². The van der Waals surface area contributed by atoms with Crippen molar-refractivity contribution < 1.29 is 22.7 Å². The van der Waals surface area contributed by atoms with Crippen LogP contribution < -0.4 is 5.32 Å². The molecule has 1 aliphatic carbocycles. The van der Waals surface area contributed by atoms with Gasteiger partial charge in [-0.1, -0.05) is 6.08 Å². The number of amides is 1. The molecular formula is C19H21F3N4O2. The molecule has 0 bridgehead atoms. The zero-order valence-corrected chi connectivity index (χ0v) is 16.0. The number of halogens is 3. The van der Waals surface area contributed by atoms with Crippen molar-refractivity contribution in [1.82, 2.24) is 14.5 Å². The lowest BCUT2D eigenvalue weighted by Crippen LogP contribution is -2.29. The van der Waals surface area contributed by atoms with Crippen LogP contribution in [0.15, 0.2) is 30.4 Å². The minimum Gasteiger partial charge on any atom is -0.372 e. The van der Waals surface area contributed by atoms with Crippen molar-refractivity contribution in [1.29, 1.82) is 0 Å². The molecule has 0 saturated carbocycles. The van der Waals surface area contributed by atoms with Gasteiger partial charge >= 0.3 is 6.18 Å². The summed E-state index contributed by atoms with van der Waals surface area (Å²) in [6.45, 7) is 7.45. The van der Waals surface area contributed by atoms with Gasteiger partial charge in [0.2, 0.25) is 11.9 Å². The van der Waals surface area contributed by atoms with Crippen LogP contribution in [0.25, 0.3) is 16.9 Å². The Balaban J connectivity index is 1.89. The second-order valence-electron chi connectivity index (χ2n) is 7.55. The third-order valence-electron chi connectivity index (χ3n) is 3.87. The van der Waals surface area contributed by atoms with Gasteiger partial charge in [-0.15, -0.1) is 0 Å². The molecule has 0 aliphatic heterocycles. The Labute approximate surface area is 160 Å². The number of carbonyl (C=O) groups is 1. The van der Waals surface area contributed by atoms with E-state index in [4.69, 9.17) is 4.74 Å². The lowest BCUT2D eigenvalue weighted by molar-refractivity contribution is -0.141. The van der Waals surface area contributed by atoms with Gasteiger partial charge in [0, 0.05) is 0 Å². The number of carbonyl (C=O) groups excluding carboxylic acids is 1. The third kappa shape index (κ3) is 4.41. The van der Waals surface area contributed by atoms with Crippen LogP contribution in [0.1, 0.15) is 39.8 Å². The van der Waals surface area contributed by atoms with Gasteiger partial charge in [-0.25, -0.2) is 9.97 Å². The van der Waals surface area contributed by atoms with Crippen LogP contribution >= 0.6 is 0 Å². The molecule has 0 saturated heterocycles. The summed E-state index contributed by atoms with van der Waals surface area (Å²) in [4.78, 5) is 20.4. The first-order valence-corrected chi connectivity index (χ1v) is 8.77. The van der Waals surface area contributed by atoms with E-state index in [1.165, 1.54) is 10.6 Å². The summed E-state index contributed by atoms with van der Waals surface area (Å²) < 4.78 is 46.2. The number of allylic oxidation sites excluding steroid dienone is 4. The van der Waals surface area contributed by atoms with Gasteiger partial charge in [-0.05, 0) is 52.0 Å². The Morgan fingerprint density at radius 3 is 2.46 bits per heavy atom. The maximum atomic E-state index is 13.0. The number of rotatable bonds is 5. The zero-order valence-electron chi connectivity index (χ0n) is 16.0. The van der Waals surface area contributed by atoms with Gasteiger partial charge < -0.3 is 4.74 Å². The molecule has 1 atom stereocenters. The highest BCUT2D eigenvalue weighted by Crippen LogP contribution is 2.32. The summed E-state index contributed by atoms with van der Waals surface area (Å²) in [6.07, 6.45) is 0.302. The highest BCUT2D eigenvalue weighted by molar-refractivity contribution is 5.93. The van der Waals surface area contributed by atoms with Gasteiger partial charge in [0.05, 0.1) is 23.8 Å². The van der Waals surface area contributed by atoms with Crippen LogP contribution in [0.3, 0.4) is 0 Å². The van der Waals surface area contributed by atoms with Crippen LogP contribution in [0.5, 0.6) is 0 Å². The van der Waals surface area contributed by atoms with Crippen LogP contribution in [0, 0.1) is 0 Å². The highest BCUT2D eigenvalue weighted by Gasteiger charge is 2.33. The van der Waals surface area contributed by atoms with E-state index >= 15 is 0 Å². The molecule has 2 aromatic heterocycles. The monoisotopic (exact) mass is 394 g/mol. The summed E-state index contributed by atoms with van der Waals surface area (Å²) in [7, 11) is 0. The SMILES string of the molecule is C[C@@H](CC(=O)Nc1nc2ccc(C(F)(F)F)nc2n1C1=CC=C1)OC(C)(C)C. The molecular weight excluding hydrogens is 373 g/mol. The Hall–Kier alpha value is -2.68. The fourth-order valence-corrected chi connectivity index (χ4v) is 2.86. The summed E-state index contributed by atoms with van der Waals surface area (Å²) in [5.74, 6) is -0.237. The predicted octanol–water partition coefficient (Wildman–Crippen LogP) is 4.39. The average molecular weight is 394 g/mol. The Morgan fingerprint density at radius 2 is 1.93 bits per heavy atom. The number of nitrogens with zero attached hydrogens (tertiary/aromatic N) is 3. The smallest absolute Gasteiger partial charge is 0.372 e. The number of ether oxygens (including phenoxy) is 1. The number of aromatic nitrogens is 3. The zero-order chi connectivity index (χ0) is 20.7. The molecule has 0 unspecified atom stereocenters. The van der Waals surface area contributed by atoms with Gasteiger partial charge in [-0.2, -0.15) is 13.2 Å². The van der Waals surface area contributed by atoms with E-state index in [-0.39, 0.29) is 35.5 Å². The van der Waals surface area contributed by atoms with Gasteiger partial charge in [-0.3, -0.25) is 14.7 Å². The molecule has 3 rings (SSSR count). The van der Waals surface area contributed by atoms with Crippen LogP contribution in [-0.4, -0.2) is 32.1 Å². The highest BCUT2D eigenvalue weighted by atomic mass is 19.4. The first-order chi connectivity index (χ1) is 12.9. The Kier molecular flexibility index (Phi) is 5.05. The minimum absolute atomic E-state index is 0.0275. The maximum Gasteiger partial charge on any atom is 0.433 e. The molecule has 1 amide bonds. The van der Waals surface area contributed by atoms with Crippen molar-refractivity contribution in [3.8, 4) is 0 Å².